The van der Waals surface area contributed by atoms with Crippen molar-refractivity contribution >= 4 is 39.0 Å². The van der Waals surface area contributed by atoms with Crippen LogP contribution in [0.3, 0.4) is 0 Å². The normalized spacial score (nSPS) is 15.8. The van der Waals surface area contributed by atoms with Crippen molar-refractivity contribution in [1.29, 1.82) is 0 Å². The molecule has 0 aliphatic carbocycles. The van der Waals surface area contributed by atoms with Gasteiger partial charge in [0.05, 0.1) is 4.70 Å². The smallest absolute Gasteiger partial charge is 0.242 e. The predicted octanol–water partition coefficient (Wildman–Crippen LogP) is 2.86. The minimum atomic E-state index is -0.178. The molecule has 122 valence electrons. The molecule has 1 unspecified atom stereocenters. The van der Waals surface area contributed by atoms with Crippen LogP contribution >= 0.6 is 11.5 Å². The van der Waals surface area contributed by atoms with Gasteiger partial charge >= 0.3 is 0 Å². The first-order chi connectivity index (χ1) is 11.8. The molecule has 3 aromatic rings. The molecular weight excluding hydrogens is 320 g/mol. The molecular formula is C18H18N4OS. The van der Waals surface area contributed by atoms with Crippen LogP contribution in [0.2, 0.25) is 0 Å². The van der Waals surface area contributed by atoms with Crippen molar-refractivity contribution in [3.8, 4) is 0 Å². The lowest BCUT2D eigenvalue weighted by molar-refractivity contribution is -0.121. The molecule has 0 saturated heterocycles. The highest BCUT2D eigenvalue weighted by atomic mass is 32.1. The summed E-state index contributed by atoms with van der Waals surface area (Å²) in [4.78, 5) is 12.3. The number of fused-ring (bicyclic) bond motifs is 2. The van der Waals surface area contributed by atoms with E-state index in [1.54, 1.807) is 0 Å². The van der Waals surface area contributed by atoms with Gasteiger partial charge < -0.3 is 16.0 Å². The number of hydrogen-bond acceptors (Lipinski definition) is 5. The van der Waals surface area contributed by atoms with E-state index in [-0.39, 0.29) is 11.9 Å². The maximum Gasteiger partial charge on any atom is 0.242 e. The van der Waals surface area contributed by atoms with E-state index < -0.39 is 0 Å². The number of anilines is 2. The van der Waals surface area contributed by atoms with Crippen LogP contribution in [-0.2, 0) is 11.2 Å². The third kappa shape index (κ3) is 2.92. The van der Waals surface area contributed by atoms with Gasteiger partial charge in [-0.15, -0.1) is 0 Å². The first-order valence-electron chi connectivity index (χ1n) is 8.02. The van der Waals surface area contributed by atoms with Crippen LogP contribution < -0.4 is 16.0 Å². The largest absolute Gasteiger partial charge is 0.373 e. The van der Waals surface area contributed by atoms with E-state index >= 15 is 0 Å². The second kappa shape index (κ2) is 6.49. The average molecular weight is 338 g/mol. The molecule has 0 bridgehead atoms. The lowest BCUT2D eigenvalue weighted by Crippen LogP contribution is -2.40. The van der Waals surface area contributed by atoms with Gasteiger partial charge in [0.25, 0.3) is 0 Å². The quantitative estimate of drug-likeness (QED) is 0.626. The lowest BCUT2D eigenvalue weighted by Gasteiger charge is -2.12. The fraction of sp³-hybridized carbons (Fsp3) is 0.222. The summed E-state index contributed by atoms with van der Waals surface area (Å²) in [5.41, 5.74) is 2.26. The van der Waals surface area contributed by atoms with E-state index in [9.17, 15) is 4.79 Å². The van der Waals surface area contributed by atoms with E-state index in [0.29, 0.717) is 13.1 Å². The zero-order chi connectivity index (χ0) is 16.4. The van der Waals surface area contributed by atoms with Crippen LogP contribution in [0.25, 0.3) is 10.1 Å². The summed E-state index contributed by atoms with van der Waals surface area (Å²) in [6.07, 6.45) is 0.742. The number of rotatable bonds is 5. The Morgan fingerprint density at radius 1 is 1.17 bits per heavy atom. The molecule has 3 N–H and O–H groups in total. The Labute approximate surface area is 144 Å². The van der Waals surface area contributed by atoms with Crippen LogP contribution in [0.4, 0.5) is 11.5 Å². The zero-order valence-electron chi connectivity index (χ0n) is 13.1. The molecule has 1 amide bonds. The highest BCUT2D eigenvalue weighted by molar-refractivity contribution is 7.13. The van der Waals surface area contributed by atoms with E-state index in [4.69, 9.17) is 0 Å². The molecule has 4 rings (SSSR count). The number of aromatic nitrogens is 1. The maximum absolute atomic E-state index is 12.3. The van der Waals surface area contributed by atoms with Crippen molar-refractivity contribution < 1.29 is 4.79 Å². The molecule has 0 fully saturated rings. The van der Waals surface area contributed by atoms with Gasteiger partial charge in [0, 0.05) is 30.6 Å². The van der Waals surface area contributed by atoms with Gasteiger partial charge in [0.2, 0.25) is 5.91 Å². The molecule has 0 radical (unpaired) electrons. The summed E-state index contributed by atoms with van der Waals surface area (Å²) in [7, 11) is 0. The SMILES string of the molecule is O=C(NCCNc1nsc2ccccc12)C1Cc2ccccc2N1. The van der Waals surface area contributed by atoms with E-state index in [1.165, 1.54) is 17.1 Å². The average Bonchev–Trinajstić information content (AvgIpc) is 3.23. The highest BCUT2D eigenvalue weighted by Crippen LogP contribution is 2.26. The predicted molar refractivity (Wildman–Crippen MR) is 98.7 cm³/mol. The Bertz CT molecular complexity index is 851. The molecule has 2 aromatic carbocycles. The molecule has 5 nitrogen and oxygen atoms in total. The van der Waals surface area contributed by atoms with Gasteiger partial charge in [0.15, 0.2) is 0 Å². The van der Waals surface area contributed by atoms with Crippen LogP contribution in [0.15, 0.2) is 48.5 Å². The van der Waals surface area contributed by atoms with Crippen LogP contribution in [-0.4, -0.2) is 29.4 Å². The minimum absolute atomic E-state index is 0.0381. The van der Waals surface area contributed by atoms with E-state index in [1.807, 2.05) is 30.3 Å². The second-order valence-electron chi connectivity index (χ2n) is 5.80. The van der Waals surface area contributed by atoms with Gasteiger partial charge in [-0.1, -0.05) is 30.3 Å². The van der Waals surface area contributed by atoms with Crippen molar-refractivity contribution in [2.75, 3.05) is 23.7 Å². The maximum atomic E-state index is 12.3. The van der Waals surface area contributed by atoms with E-state index in [0.717, 1.165) is 28.0 Å². The third-order valence-corrected chi connectivity index (χ3v) is 5.01. The molecule has 6 heteroatoms. The topological polar surface area (TPSA) is 66.0 Å². The van der Waals surface area contributed by atoms with Gasteiger partial charge in [-0.3, -0.25) is 4.79 Å². The zero-order valence-corrected chi connectivity index (χ0v) is 13.9. The standard InChI is InChI=1S/C18H18N4OS/c23-18(15-11-12-5-1-3-7-14(12)21-15)20-10-9-19-17-13-6-2-4-8-16(13)24-22-17/h1-8,15,21H,9-11H2,(H,19,22)(H,20,23). The Hall–Kier alpha value is -2.60. The molecule has 1 aliphatic rings. The first-order valence-corrected chi connectivity index (χ1v) is 8.79. The van der Waals surface area contributed by atoms with Crippen LogP contribution in [0.5, 0.6) is 0 Å². The summed E-state index contributed by atoms with van der Waals surface area (Å²) in [6, 6.07) is 16.0. The Kier molecular flexibility index (Phi) is 4.04. The Morgan fingerprint density at radius 3 is 2.92 bits per heavy atom. The van der Waals surface area contributed by atoms with Crippen molar-refractivity contribution in [3.05, 3.63) is 54.1 Å². The summed E-state index contributed by atoms with van der Waals surface area (Å²) >= 11 is 1.48. The van der Waals surface area contributed by atoms with Gasteiger partial charge in [-0.2, -0.15) is 4.37 Å². The number of carbonyl (C=O) groups excluding carboxylic acids is 1. The summed E-state index contributed by atoms with van der Waals surface area (Å²) < 4.78 is 5.59. The van der Waals surface area contributed by atoms with E-state index in [2.05, 4.69) is 38.5 Å². The van der Waals surface area contributed by atoms with Crippen molar-refractivity contribution in [2.45, 2.75) is 12.5 Å². The third-order valence-electron chi connectivity index (χ3n) is 4.18. The van der Waals surface area contributed by atoms with Crippen LogP contribution in [0.1, 0.15) is 5.56 Å². The van der Waals surface area contributed by atoms with Crippen molar-refractivity contribution in [2.24, 2.45) is 0 Å². The Morgan fingerprint density at radius 2 is 2.00 bits per heavy atom. The number of benzene rings is 2. The molecule has 0 saturated carbocycles. The van der Waals surface area contributed by atoms with Gasteiger partial charge in [-0.25, -0.2) is 0 Å². The number of nitrogens with zero attached hydrogens (tertiary/aromatic N) is 1. The lowest BCUT2D eigenvalue weighted by atomic mass is 10.1. The monoisotopic (exact) mass is 338 g/mol. The minimum Gasteiger partial charge on any atom is -0.373 e. The van der Waals surface area contributed by atoms with Gasteiger partial charge in [-0.05, 0) is 35.3 Å². The number of nitrogens with one attached hydrogen (secondary N) is 3. The number of amides is 1. The number of para-hydroxylation sites is 1. The fourth-order valence-corrected chi connectivity index (χ4v) is 3.71. The molecule has 24 heavy (non-hydrogen) atoms. The molecule has 1 aliphatic heterocycles. The molecule has 1 atom stereocenters. The number of hydrogen-bond donors (Lipinski definition) is 3. The second-order valence-corrected chi connectivity index (χ2v) is 6.61. The van der Waals surface area contributed by atoms with Crippen molar-refractivity contribution in [1.82, 2.24) is 9.69 Å². The fourth-order valence-electron chi connectivity index (χ4n) is 2.96. The highest BCUT2D eigenvalue weighted by Gasteiger charge is 2.25. The van der Waals surface area contributed by atoms with Crippen LogP contribution in [0, 0.1) is 0 Å². The summed E-state index contributed by atoms with van der Waals surface area (Å²) in [5, 5.41) is 10.7. The molecule has 1 aromatic heterocycles. The summed E-state index contributed by atoms with van der Waals surface area (Å²) in [5.74, 6) is 0.924. The van der Waals surface area contributed by atoms with Gasteiger partial charge in [0.1, 0.15) is 11.9 Å². The number of carbonyl (C=O) groups is 1. The van der Waals surface area contributed by atoms with Crippen molar-refractivity contribution in [3.63, 3.8) is 0 Å². The Balaban J connectivity index is 1.27. The molecule has 0 spiro atoms. The summed E-state index contributed by atoms with van der Waals surface area (Å²) in [6.45, 7) is 1.22. The molecule has 2 heterocycles. The first kappa shape index (κ1) is 15.0.